The van der Waals surface area contributed by atoms with E-state index in [0.29, 0.717) is 6.10 Å². The Morgan fingerprint density at radius 1 is 0.882 bits per heavy atom. The zero-order valence-electron chi connectivity index (χ0n) is 11.7. The molecule has 0 heterocycles. The number of hydrogen-bond acceptors (Lipinski definition) is 2. The van der Waals surface area contributed by atoms with Crippen LogP contribution >= 0.6 is 0 Å². The molecule has 0 unspecified atom stereocenters. The average molecular weight is 239 g/mol. The molecule has 0 aromatic carbocycles. The van der Waals surface area contributed by atoms with Gasteiger partial charge in [0, 0.05) is 6.54 Å². The monoisotopic (exact) mass is 239 g/mol. The maximum atomic E-state index is 5.96. The number of likely N-dealkylation sites (N-methyl/N-ethyl adjacent to an activating group) is 1. The summed E-state index contributed by atoms with van der Waals surface area (Å²) in [6.07, 6.45) is 12.0. The summed E-state index contributed by atoms with van der Waals surface area (Å²) in [6.45, 7) is 1.97. The van der Waals surface area contributed by atoms with Gasteiger partial charge in [-0.15, -0.1) is 0 Å². The minimum Gasteiger partial charge on any atom is -0.377 e. The number of hydrogen-bond donors (Lipinski definition) is 0. The van der Waals surface area contributed by atoms with Gasteiger partial charge in [-0.05, 0) is 51.6 Å². The van der Waals surface area contributed by atoms with E-state index in [9.17, 15) is 0 Å². The van der Waals surface area contributed by atoms with Gasteiger partial charge in [0.15, 0.2) is 0 Å². The molecule has 17 heavy (non-hydrogen) atoms. The van der Waals surface area contributed by atoms with E-state index in [1.54, 1.807) is 0 Å². The van der Waals surface area contributed by atoms with Gasteiger partial charge >= 0.3 is 0 Å². The Balaban J connectivity index is 1.60. The fraction of sp³-hybridized carbons (Fsp3) is 1.00. The summed E-state index contributed by atoms with van der Waals surface area (Å²) in [5.41, 5.74) is 0. The van der Waals surface area contributed by atoms with Crippen molar-refractivity contribution in [3.63, 3.8) is 0 Å². The van der Waals surface area contributed by atoms with Crippen LogP contribution in [0.2, 0.25) is 0 Å². The third kappa shape index (κ3) is 4.26. The van der Waals surface area contributed by atoms with Crippen LogP contribution in [-0.2, 0) is 4.74 Å². The van der Waals surface area contributed by atoms with E-state index in [1.807, 2.05) is 0 Å². The SMILES string of the molecule is CN(C)CCOC1CCC(C2CCCC2)CC1. The second kappa shape index (κ2) is 6.75. The maximum absolute atomic E-state index is 5.96. The molecular weight excluding hydrogens is 210 g/mol. The molecule has 2 heteroatoms. The maximum Gasteiger partial charge on any atom is 0.0596 e. The molecule has 0 amide bonds. The Kier molecular flexibility index (Phi) is 5.30. The predicted molar refractivity (Wildman–Crippen MR) is 72.2 cm³/mol. The number of ether oxygens (including phenoxy) is 1. The van der Waals surface area contributed by atoms with Crippen molar-refractivity contribution < 1.29 is 4.74 Å². The van der Waals surface area contributed by atoms with Crippen LogP contribution in [0.25, 0.3) is 0 Å². The Hall–Kier alpha value is -0.0800. The molecule has 100 valence electrons. The second-order valence-corrected chi connectivity index (χ2v) is 6.26. The van der Waals surface area contributed by atoms with Crippen molar-refractivity contribution in [2.24, 2.45) is 11.8 Å². The molecule has 0 atom stereocenters. The van der Waals surface area contributed by atoms with Crippen molar-refractivity contribution in [1.82, 2.24) is 4.90 Å². The van der Waals surface area contributed by atoms with Crippen LogP contribution in [0.15, 0.2) is 0 Å². The highest BCUT2D eigenvalue weighted by Crippen LogP contribution is 2.39. The van der Waals surface area contributed by atoms with Gasteiger partial charge in [0.25, 0.3) is 0 Å². The molecule has 0 aromatic rings. The lowest BCUT2D eigenvalue weighted by molar-refractivity contribution is 0.00581. The van der Waals surface area contributed by atoms with E-state index in [1.165, 1.54) is 51.4 Å². The van der Waals surface area contributed by atoms with Crippen LogP contribution in [0.4, 0.5) is 0 Å². The molecule has 0 spiro atoms. The summed E-state index contributed by atoms with van der Waals surface area (Å²) in [5.74, 6) is 2.10. The van der Waals surface area contributed by atoms with Gasteiger partial charge in [0.1, 0.15) is 0 Å². The van der Waals surface area contributed by atoms with Gasteiger partial charge in [-0.25, -0.2) is 0 Å². The Morgan fingerprint density at radius 3 is 2.06 bits per heavy atom. The molecule has 2 aliphatic carbocycles. The molecule has 2 aliphatic rings. The van der Waals surface area contributed by atoms with Crippen molar-refractivity contribution in [2.75, 3.05) is 27.2 Å². The number of rotatable bonds is 5. The third-order valence-electron chi connectivity index (χ3n) is 4.68. The smallest absolute Gasteiger partial charge is 0.0596 e. The van der Waals surface area contributed by atoms with Gasteiger partial charge < -0.3 is 9.64 Å². The first kappa shape index (κ1) is 13.4. The molecule has 0 saturated heterocycles. The highest BCUT2D eigenvalue weighted by Gasteiger charge is 2.29. The van der Waals surface area contributed by atoms with Gasteiger partial charge in [-0.3, -0.25) is 0 Å². The van der Waals surface area contributed by atoms with Crippen molar-refractivity contribution in [1.29, 1.82) is 0 Å². The van der Waals surface area contributed by atoms with E-state index in [2.05, 4.69) is 19.0 Å². The van der Waals surface area contributed by atoms with E-state index in [0.717, 1.165) is 25.0 Å². The molecule has 2 rings (SSSR count). The minimum absolute atomic E-state index is 0.563. The zero-order valence-corrected chi connectivity index (χ0v) is 11.7. The first-order chi connectivity index (χ1) is 8.25. The minimum atomic E-state index is 0.563. The predicted octanol–water partition coefficient (Wildman–Crippen LogP) is 3.31. The van der Waals surface area contributed by atoms with Crippen LogP contribution in [0.5, 0.6) is 0 Å². The lowest BCUT2D eigenvalue weighted by Crippen LogP contribution is -2.27. The molecule has 0 N–H and O–H groups in total. The fourth-order valence-corrected chi connectivity index (χ4v) is 3.56. The Labute approximate surface area is 107 Å². The Bertz CT molecular complexity index is 203. The first-order valence-corrected chi connectivity index (χ1v) is 7.52. The van der Waals surface area contributed by atoms with Crippen LogP contribution < -0.4 is 0 Å². The molecule has 0 aromatic heterocycles. The van der Waals surface area contributed by atoms with Crippen molar-refractivity contribution >= 4 is 0 Å². The van der Waals surface area contributed by atoms with Gasteiger partial charge in [0.2, 0.25) is 0 Å². The lowest BCUT2D eigenvalue weighted by atomic mass is 9.78. The highest BCUT2D eigenvalue weighted by atomic mass is 16.5. The molecule has 0 bridgehead atoms. The number of nitrogens with zero attached hydrogens (tertiary/aromatic N) is 1. The molecule has 0 radical (unpaired) electrons. The normalized spacial score (nSPS) is 31.2. The van der Waals surface area contributed by atoms with Crippen molar-refractivity contribution in [2.45, 2.75) is 57.5 Å². The summed E-state index contributed by atoms with van der Waals surface area (Å²) in [6, 6.07) is 0. The molecule has 0 aliphatic heterocycles. The molecule has 2 nitrogen and oxygen atoms in total. The topological polar surface area (TPSA) is 12.5 Å². The summed E-state index contributed by atoms with van der Waals surface area (Å²) < 4.78 is 5.96. The molecular formula is C15H29NO. The lowest BCUT2D eigenvalue weighted by Gasteiger charge is -2.32. The van der Waals surface area contributed by atoms with Crippen molar-refractivity contribution in [3.8, 4) is 0 Å². The van der Waals surface area contributed by atoms with E-state index >= 15 is 0 Å². The largest absolute Gasteiger partial charge is 0.377 e. The summed E-state index contributed by atoms with van der Waals surface area (Å²) in [7, 11) is 4.22. The Morgan fingerprint density at radius 2 is 1.47 bits per heavy atom. The molecule has 2 fully saturated rings. The molecule has 2 saturated carbocycles. The summed E-state index contributed by atoms with van der Waals surface area (Å²) in [5, 5.41) is 0. The quantitative estimate of drug-likeness (QED) is 0.730. The van der Waals surface area contributed by atoms with Gasteiger partial charge in [-0.2, -0.15) is 0 Å². The fourth-order valence-electron chi connectivity index (χ4n) is 3.56. The second-order valence-electron chi connectivity index (χ2n) is 6.26. The standard InChI is InChI=1S/C15H29NO/c1-16(2)11-12-17-15-9-7-14(8-10-15)13-5-3-4-6-13/h13-15H,3-12H2,1-2H3. The van der Waals surface area contributed by atoms with Gasteiger partial charge in [0.05, 0.1) is 12.7 Å². The average Bonchev–Trinajstić information content (AvgIpc) is 2.83. The van der Waals surface area contributed by atoms with Crippen LogP contribution in [0, 0.1) is 11.8 Å². The first-order valence-electron chi connectivity index (χ1n) is 7.52. The van der Waals surface area contributed by atoms with Crippen LogP contribution in [-0.4, -0.2) is 38.3 Å². The third-order valence-corrected chi connectivity index (χ3v) is 4.68. The summed E-state index contributed by atoms with van der Waals surface area (Å²) in [4.78, 5) is 2.20. The highest BCUT2D eigenvalue weighted by molar-refractivity contribution is 4.81. The van der Waals surface area contributed by atoms with Crippen molar-refractivity contribution in [3.05, 3.63) is 0 Å². The van der Waals surface area contributed by atoms with E-state index < -0.39 is 0 Å². The zero-order chi connectivity index (χ0) is 12.1. The van der Waals surface area contributed by atoms with E-state index in [-0.39, 0.29) is 0 Å². The van der Waals surface area contributed by atoms with E-state index in [4.69, 9.17) is 4.74 Å². The van der Waals surface area contributed by atoms with Crippen LogP contribution in [0.1, 0.15) is 51.4 Å². The van der Waals surface area contributed by atoms with Gasteiger partial charge in [-0.1, -0.05) is 25.7 Å². The van der Waals surface area contributed by atoms with Crippen LogP contribution in [0.3, 0.4) is 0 Å². The summed E-state index contributed by atoms with van der Waals surface area (Å²) >= 11 is 0.